The molecule has 2 aromatic heterocycles. The highest BCUT2D eigenvalue weighted by Crippen LogP contribution is 2.42. The molecule has 142 valence electrons. The molecule has 2 aliphatic heterocycles. The first-order valence-electron chi connectivity index (χ1n) is 9.23. The number of pyridine rings is 1. The summed E-state index contributed by atoms with van der Waals surface area (Å²) in [5.41, 5.74) is 2.78. The summed E-state index contributed by atoms with van der Waals surface area (Å²) in [6, 6.07) is 13.7. The zero-order valence-corrected chi connectivity index (χ0v) is 16.0. The number of amides is 1. The Morgan fingerprint density at radius 3 is 2.82 bits per heavy atom. The van der Waals surface area contributed by atoms with Crippen LogP contribution in [0.3, 0.4) is 0 Å². The molecule has 0 saturated carbocycles. The Balaban J connectivity index is 1.32. The number of thiophene rings is 1. The lowest BCUT2D eigenvalue weighted by molar-refractivity contribution is 0.103. The molecule has 0 atom stereocenters. The van der Waals surface area contributed by atoms with Gasteiger partial charge < -0.3 is 19.7 Å². The van der Waals surface area contributed by atoms with Crippen molar-refractivity contribution in [2.24, 2.45) is 0 Å². The second kappa shape index (κ2) is 7.26. The summed E-state index contributed by atoms with van der Waals surface area (Å²) >= 11 is 1.50. The SMILES string of the molecule is O=C(Nc1ccc(N2CCOCC2)nc1)c1cc2c(s1)-c1ccccc1OC2. The first kappa shape index (κ1) is 17.2. The number of hydrogen-bond donors (Lipinski definition) is 1. The molecule has 0 unspecified atom stereocenters. The number of ether oxygens (including phenoxy) is 2. The molecule has 5 rings (SSSR count). The maximum absolute atomic E-state index is 12.7. The summed E-state index contributed by atoms with van der Waals surface area (Å²) in [5.74, 6) is 1.64. The molecule has 1 N–H and O–H groups in total. The van der Waals surface area contributed by atoms with Gasteiger partial charge in [0, 0.05) is 29.1 Å². The number of carbonyl (C=O) groups is 1. The van der Waals surface area contributed by atoms with Gasteiger partial charge in [-0.25, -0.2) is 4.98 Å². The molecule has 3 aromatic rings. The van der Waals surface area contributed by atoms with Crippen molar-refractivity contribution >= 4 is 28.7 Å². The predicted molar refractivity (Wildman–Crippen MR) is 109 cm³/mol. The average molecular weight is 393 g/mol. The van der Waals surface area contributed by atoms with Crippen molar-refractivity contribution < 1.29 is 14.3 Å². The van der Waals surface area contributed by atoms with Crippen LogP contribution in [0.15, 0.2) is 48.7 Å². The van der Waals surface area contributed by atoms with Crippen LogP contribution in [0.25, 0.3) is 10.4 Å². The van der Waals surface area contributed by atoms with Crippen LogP contribution in [0.1, 0.15) is 15.2 Å². The van der Waals surface area contributed by atoms with Crippen LogP contribution in [0.2, 0.25) is 0 Å². The third-order valence-corrected chi connectivity index (χ3v) is 6.10. The summed E-state index contributed by atoms with van der Waals surface area (Å²) in [5, 5.41) is 2.95. The molecule has 0 aliphatic carbocycles. The second-order valence-corrected chi connectivity index (χ2v) is 7.76. The number of hydrogen-bond acceptors (Lipinski definition) is 6. The number of anilines is 2. The van der Waals surface area contributed by atoms with E-state index in [1.165, 1.54) is 11.3 Å². The first-order valence-corrected chi connectivity index (χ1v) is 10.0. The summed E-state index contributed by atoms with van der Waals surface area (Å²) < 4.78 is 11.2. The van der Waals surface area contributed by atoms with E-state index in [9.17, 15) is 4.79 Å². The quantitative estimate of drug-likeness (QED) is 0.734. The molecule has 1 aromatic carbocycles. The highest BCUT2D eigenvalue weighted by atomic mass is 32.1. The molecule has 1 fully saturated rings. The Bertz CT molecular complexity index is 1010. The zero-order chi connectivity index (χ0) is 18.9. The molecule has 28 heavy (non-hydrogen) atoms. The highest BCUT2D eigenvalue weighted by molar-refractivity contribution is 7.17. The summed E-state index contributed by atoms with van der Waals surface area (Å²) in [6.45, 7) is 3.60. The normalized spacial score (nSPS) is 15.4. The monoisotopic (exact) mass is 393 g/mol. The third-order valence-electron chi connectivity index (χ3n) is 4.89. The number of fused-ring (bicyclic) bond motifs is 3. The van der Waals surface area contributed by atoms with Crippen molar-refractivity contribution in [2.45, 2.75) is 6.61 Å². The number of benzene rings is 1. The molecular weight excluding hydrogens is 374 g/mol. The Morgan fingerprint density at radius 2 is 2.00 bits per heavy atom. The number of carbonyl (C=O) groups excluding carboxylic acids is 1. The molecule has 0 radical (unpaired) electrons. The minimum atomic E-state index is -0.127. The average Bonchev–Trinajstić information content (AvgIpc) is 3.20. The van der Waals surface area contributed by atoms with Gasteiger partial charge in [0.05, 0.1) is 30.0 Å². The van der Waals surface area contributed by atoms with E-state index in [1.54, 1.807) is 6.20 Å². The Morgan fingerprint density at radius 1 is 1.14 bits per heavy atom. The van der Waals surface area contributed by atoms with Crippen LogP contribution in [-0.2, 0) is 11.3 Å². The lowest BCUT2D eigenvalue weighted by atomic mass is 10.1. The van der Waals surface area contributed by atoms with Gasteiger partial charge >= 0.3 is 0 Å². The van der Waals surface area contributed by atoms with Crippen molar-refractivity contribution in [1.29, 1.82) is 0 Å². The second-order valence-electron chi connectivity index (χ2n) is 6.71. The standard InChI is InChI=1S/C21H19N3O3S/c25-21(23-15-5-6-19(22-12-15)24-7-9-26-10-8-24)18-11-14-13-27-17-4-2-1-3-16(17)20(14)28-18/h1-6,11-12H,7-10,13H2,(H,23,25). The summed E-state index contributed by atoms with van der Waals surface area (Å²) in [6.07, 6.45) is 1.70. The number of aromatic nitrogens is 1. The molecule has 1 amide bonds. The van der Waals surface area contributed by atoms with E-state index in [2.05, 4.69) is 15.2 Å². The summed E-state index contributed by atoms with van der Waals surface area (Å²) in [7, 11) is 0. The molecular formula is C21H19N3O3S. The lowest BCUT2D eigenvalue weighted by Gasteiger charge is -2.27. The number of nitrogens with zero attached hydrogens (tertiary/aromatic N) is 2. The van der Waals surface area contributed by atoms with Crippen LogP contribution >= 0.6 is 11.3 Å². The van der Waals surface area contributed by atoms with Gasteiger partial charge in [0.15, 0.2) is 0 Å². The van der Waals surface area contributed by atoms with Gasteiger partial charge in [0.25, 0.3) is 5.91 Å². The number of morpholine rings is 1. The summed E-state index contributed by atoms with van der Waals surface area (Å²) in [4.78, 5) is 21.2. The molecule has 2 aliphatic rings. The van der Waals surface area contributed by atoms with Crippen molar-refractivity contribution in [3.63, 3.8) is 0 Å². The van der Waals surface area contributed by atoms with Gasteiger partial charge in [-0.15, -0.1) is 11.3 Å². The van der Waals surface area contributed by atoms with Crippen LogP contribution in [0.4, 0.5) is 11.5 Å². The molecule has 1 saturated heterocycles. The van der Waals surface area contributed by atoms with E-state index in [4.69, 9.17) is 9.47 Å². The molecule has 7 heteroatoms. The van der Waals surface area contributed by atoms with Crippen LogP contribution in [0.5, 0.6) is 5.75 Å². The minimum Gasteiger partial charge on any atom is -0.488 e. The Hall–Kier alpha value is -2.90. The van der Waals surface area contributed by atoms with Crippen molar-refractivity contribution in [1.82, 2.24) is 4.98 Å². The van der Waals surface area contributed by atoms with E-state index in [0.29, 0.717) is 17.2 Å². The van der Waals surface area contributed by atoms with Gasteiger partial charge in [0.1, 0.15) is 18.2 Å². The fourth-order valence-electron chi connectivity index (χ4n) is 3.44. The van der Waals surface area contributed by atoms with Gasteiger partial charge in [-0.05, 0) is 30.3 Å². The first-order chi connectivity index (χ1) is 13.8. The van der Waals surface area contributed by atoms with Crippen LogP contribution in [0, 0.1) is 0 Å². The van der Waals surface area contributed by atoms with E-state index in [0.717, 1.165) is 53.9 Å². The van der Waals surface area contributed by atoms with Gasteiger partial charge in [-0.1, -0.05) is 12.1 Å². The van der Waals surface area contributed by atoms with Gasteiger partial charge in [0.2, 0.25) is 0 Å². The van der Waals surface area contributed by atoms with Crippen LogP contribution < -0.4 is 15.0 Å². The Labute approximate surface area is 166 Å². The van der Waals surface area contributed by atoms with Crippen LogP contribution in [-0.4, -0.2) is 37.2 Å². The van der Waals surface area contributed by atoms with Crippen molar-refractivity contribution in [3.05, 3.63) is 59.1 Å². The maximum Gasteiger partial charge on any atom is 0.265 e. The lowest BCUT2D eigenvalue weighted by Crippen LogP contribution is -2.36. The van der Waals surface area contributed by atoms with Crippen molar-refractivity contribution in [2.75, 3.05) is 36.5 Å². The largest absolute Gasteiger partial charge is 0.488 e. The van der Waals surface area contributed by atoms with E-state index in [1.807, 2.05) is 42.5 Å². The van der Waals surface area contributed by atoms with E-state index >= 15 is 0 Å². The molecule has 6 nitrogen and oxygen atoms in total. The van der Waals surface area contributed by atoms with E-state index < -0.39 is 0 Å². The van der Waals surface area contributed by atoms with Crippen molar-refractivity contribution in [3.8, 4) is 16.2 Å². The van der Waals surface area contributed by atoms with Gasteiger partial charge in [-0.2, -0.15) is 0 Å². The third kappa shape index (κ3) is 3.23. The molecule has 0 spiro atoms. The van der Waals surface area contributed by atoms with E-state index in [-0.39, 0.29) is 5.91 Å². The van der Waals surface area contributed by atoms with Gasteiger partial charge in [-0.3, -0.25) is 4.79 Å². The highest BCUT2D eigenvalue weighted by Gasteiger charge is 2.22. The fourth-order valence-corrected chi connectivity index (χ4v) is 4.54. The molecule has 4 heterocycles. The predicted octanol–water partition coefficient (Wildman–Crippen LogP) is 3.79. The number of rotatable bonds is 3. The number of para-hydroxylation sites is 1. The zero-order valence-electron chi connectivity index (χ0n) is 15.2. The maximum atomic E-state index is 12.7. The Kier molecular flexibility index (Phi) is 4.46. The smallest absolute Gasteiger partial charge is 0.265 e. The fraction of sp³-hybridized carbons (Fsp3) is 0.238. The molecule has 0 bridgehead atoms. The number of nitrogens with one attached hydrogen (secondary N) is 1. The minimum absolute atomic E-state index is 0.127. The topological polar surface area (TPSA) is 63.7 Å².